The van der Waals surface area contributed by atoms with E-state index in [1.807, 2.05) is 36.4 Å². The highest BCUT2D eigenvalue weighted by Crippen LogP contribution is 2.55. The van der Waals surface area contributed by atoms with E-state index in [2.05, 4.69) is 54.2 Å². The monoisotopic (exact) mass is 804 g/mol. The number of halogens is 1. The lowest BCUT2D eigenvalue weighted by molar-refractivity contribution is -0.164. The number of benzene rings is 3. The van der Waals surface area contributed by atoms with Crippen molar-refractivity contribution in [1.29, 1.82) is 5.26 Å². The number of amides is 5. The molecule has 3 aromatic rings. The van der Waals surface area contributed by atoms with Gasteiger partial charge in [0.1, 0.15) is 24.0 Å². The van der Waals surface area contributed by atoms with Crippen molar-refractivity contribution in [1.82, 2.24) is 20.4 Å². The first kappa shape index (κ1) is 39.6. The molecule has 8 rings (SSSR count). The number of anilines is 1. The van der Waals surface area contributed by atoms with Gasteiger partial charge in [-0.1, -0.05) is 39.3 Å². The summed E-state index contributed by atoms with van der Waals surface area (Å²) in [6, 6.07) is 17.6. The molecular weight excluding hydrogens is 756 g/mol. The van der Waals surface area contributed by atoms with E-state index >= 15 is 0 Å². The largest absolute Gasteiger partial charge is 0.489 e. The van der Waals surface area contributed by atoms with E-state index in [9.17, 15) is 29.2 Å². The number of nitriles is 1. The first-order valence-corrected chi connectivity index (χ1v) is 20.7. The van der Waals surface area contributed by atoms with Crippen molar-refractivity contribution in [3.8, 4) is 11.8 Å². The molecule has 1 atom stereocenters. The quantitative estimate of drug-likeness (QED) is 0.266. The summed E-state index contributed by atoms with van der Waals surface area (Å²) in [4.78, 5) is 70.5. The average molecular weight is 805 g/mol. The second-order valence-corrected chi connectivity index (χ2v) is 18.1. The molecule has 1 saturated carbocycles. The summed E-state index contributed by atoms with van der Waals surface area (Å²) < 4.78 is 6.38. The minimum absolute atomic E-state index is 0.0937. The van der Waals surface area contributed by atoms with Crippen molar-refractivity contribution in [2.24, 2.45) is 16.7 Å². The van der Waals surface area contributed by atoms with Crippen molar-refractivity contribution in [2.75, 3.05) is 31.1 Å². The maximum Gasteiger partial charge on any atom is 0.262 e. The number of hydrogen-bond donors (Lipinski definition) is 2. The lowest BCUT2D eigenvalue weighted by Crippen LogP contribution is -2.74. The van der Waals surface area contributed by atoms with Gasteiger partial charge in [0.05, 0.1) is 21.7 Å². The van der Waals surface area contributed by atoms with Crippen LogP contribution in [0.3, 0.4) is 0 Å². The molecule has 3 fully saturated rings. The van der Waals surface area contributed by atoms with Crippen molar-refractivity contribution in [3.63, 3.8) is 0 Å². The van der Waals surface area contributed by atoms with Crippen molar-refractivity contribution in [2.45, 2.75) is 91.0 Å². The Kier molecular flexibility index (Phi) is 10.3. The number of carbonyl (C=O) groups excluding carboxylic acids is 5. The first-order valence-electron chi connectivity index (χ1n) is 20.3. The molecule has 4 heterocycles. The van der Waals surface area contributed by atoms with Crippen LogP contribution in [0, 0.1) is 28.1 Å². The van der Waals surface area contributed by atoms with Gasteiger partial charge in [0.2, 0.25) is 11.8 Å². The fourth-order valence-electron chi connectivity index (χ4n) is 10.3. The molecule has 302 valence electrons. The predicted molar refractivity (Wildman–Crippen MR) is 217 cm³/mol. The van der Waals surface area contributed by atoms with Crippen LogP contribution >= 0.6 is 11.6 Å². The van der Waals surface area contributed by atoms with Gasteiger partial charge >= 0.3 is 0 Å². The zero-order chi connectivity index (χ0) is 41.1. The lowest BCUT2D eigenvalue weighted by atomic mass is 9.49. The summed E-state index contributed by atoms with van der Waals surface area (Å²) in [5.41, 5.74) is 4.19. The predicted octanol–water partition coefficient (Wildman–Crippen LogP) is 5.89. The van der Waals surface area contributed by atoms with Crippen LogP contribution in [0.1, 0.15) is 108 Å². The molecule has 12 nitrogen and oxygen atoms in total. The maximum absolute atomic E-state index is 13.5. The number of rotatable bonds is 8. The number of ether oxygens (including phenoxy) is 1. The minimum atomic E-state index is -0.971. The van der Waals surface area contributed by atoms with Crippen LogP contribution in [0.2, 0.25) is 5.02 Å². The second kappa shape index (κ2) is 15.2. The summed E-state index contributed by atoms with van der Waals surface area (Å²) in [6.45, 7) is 12.8. The molecule has 1 aliphatic carbocycles. The third-order valence-corrected chi connectivity index (χ3v) is 13.4. The van der Waals surface area contributed by atoms with E-state index in [0.717, 1.165) is 73.6 Å². The Balaban J connectivity index is 0.839. The average Bonchev–Trinajstić information content (AvgIpc) is 3.30. The molecule has 1 unspecified atom stereocenters. The fourth-order valence-corrected chi connectivity index (χ4v) is 10.5. The Morgan fingerprint density at radius 3 is 2.21 bits per heavy atom. The Hall–Kier alpha value is -5.25. The Morgan fingerprint density at radius 1 is 0.897 bits per heavy atom. The van der Waals surface area contributed by atoms with Crippen molar-refractivity contribution < 1.29 is 28.7 Å². The SMILES string of the molecule is CC1(C)C(NC(=O)c2ccc(N3CCC(CN4CCCc5cc6c(cc5C4)C(=O)N(C4CCC(=O)NC4=O)C6=O)CC3)cc2)C(C)(C)C1Oc1ccc(C#N)c(Cl)c1. The molecule has 5 aliphatic rings. The topological polar surface area (TPSA) is 152 Å². The Morgan fingerprint density at radius 2 is 1.57 bits per heavy atom. The number of aryl methyl sites for hydroxylation is 1. The standard InChI is InChI=1S/C45H49ClN6O6/c1-44(2)42(45(3,4)43(44)58-32-12-9-29(23-47)35(46)22-32)49-38(54)27-7-10-31(11-8-27)51-18-15-26(16-19-51)24-50-17-5-6-28-20-33-34(21-30(28)25-50)41(57)52(40(33)56)36-13-14-37(53)48-39(36)55/h7-12,20-22,26,36,42-43H,5-6,13-19,24-25H2,1-4H3,(H,49,54)(H,48,53,55). The normalized spacial score (nSPS) is 24.2. The second-order valence-electron chi connectivity index (χ2n) is 17.7. The number of nitrogens with one attached hydrogen (secondary N) is 2. The maximum atomic E-state index is 13.5. The van der Waals surface area contributed by atoms with E-state index in [4.69, 9.17) is 16.3 Å². The minimum Gasteiger partial charge on any atom is -0.489 e. The highest BCUT2D eigenvalue weighted by atomic mass is 35.5. The van der Waals surface area contributed by atoms with Crippen LogP contribution in [-0.2, 0) is 22.6 Å². The van der Waals surface area contributed by atoms with Crippen molar-refractivity contribution >= 4 is 46.8 Å². The summed E-state index contributed by atoms with van der Waals surface area (Å²) in [5, 5.41) is 15.1. The Labute approximate surface area is 343 Å². The smallest absolute Gasteiger partial charge is 0.262 e. The number of imide groups is 2. The molecule has 13 heteroatoms. The molecule has 0 spiro atoms. The third kappa shape index (κ3) is 7.13. The number of piperidine rings is 2. The van der Waals surface area contributed by atoms with Crippen molar-refractivity contribution in [3.05, 3.63) is 93.0 Å². The van der Waals surface area contributed by atoms with Gasteiger partial charge in [-0.25, -0.2) is 0 Å². The highest BCUT2D eigenvalue weighted by Gasteiger charge is 2.64. The van der Waals surface area contributed by atoms with Crippen LogP contribution in [-0.4, -0.2) is 83.7 Å². The molecule has 5 amide bonds. The van der Waals surface area contributed by atoms with Crippen LogP contribution in [0.15, 0.2) is 54.6 Å². The molecule has 58 heavy (non-hydrogen) atoms. The highest BCUT2D eigenvalue weighted by molar-refractivity contribution is 6.31. The summed E-state index contributed by atoms with van der Waals surface area (Å²) in [6.07, 6.45) is 3.87. The lowest BCUT2D eigenvalue weighted by Gasteiger charge is -2.63. The van der Waals surface area contributed by atoms with E-state index in [1.165, 1.54) is 0 Å². The first-order chi connectivity index (χ1) is 27.6. The van der Waals surface area contributed by atoms with E-state index in [-0.39, 0.29) is 47.6 Å². The van der Waals surface area contributed by atoms with Gasteiger partial charge in [0, 0.05) is 66.8 Å². The van der Waals surface area contributed by atoms with Crippen LogP contribution in [0.5, 0.6) is 5.75 Å². The third-order valence-electron chi connectivity index (χ3n) is 13.1. The number of carbonyl (C=O) groups is 5. The molecular formula is C45H49ClN6O6. The van der Waals surface area contributed by atoms with Crippen LogP contribution in [0.25, 0.3) is 0 Å². The van der Waals surface area contributed by atoms with Gasteiger partial charge in [0.15, 0.2) is 0 Å². The van der Waals surface area contributed by atoms with E-state index in [1.54, 1.807) is 18.2 Å². The molecule has 2 N–H and O–H groups in total. The molecule has 0 aromatic heterocycles. The van der Waals surface area contributed by atoms with E-state index in [0.29, 0.717) is 45.5 Å². The fraction of sp³-hybridized carbons (Fsp3) is 0.467. The molecule has 3 aromatic carbocycles. The molecule has 2 saturated heterocycles. The van der Waals surface area contributed by atoms with Gasteiger partial charge in [-0.2, -0.15) is 5.26 Å². The van der Waals surface area contributed by atoms with Gasteiger partial charge in [0.25, 0.3) is 17.7 Å². The molecule has 4 aliphatic heterocycles. The van der Waals surface area contributed by atoms with Crippen LogP contribution in [0.4, 0.5) is 5.69 Å². The van der Waals surface area contributed by atoms with Crippen LogP contribution < -0.4 is 20.3 Å². The summed E-state index contributed by atoms with van der Waals surface area (Å²) >= 11 is 6.25. The van der Waals surface area contributed by atoms with Gasteiger partial charge in [-0.3, -0.25) is 39.1 Å². The number of fused-ring (bicyclic) bond motifs is 2. The zero-order valence-corrected chi connectivity index (χ0v) is 34.2. The summed E-state index contributed by atoms with van der Waals surface area (Å²) in [5.74, 6) is -0.929. The number of hydrogen-bond acceptors (Lipinski definition) is 9. The van der Waals surface area contributed by atoms with Gasteiger partial charge in [-0.05, 0) is 104 Å². The van der Waals surface area contributed by atoms with Gasteiger partial charge in [-0.15, -0.1) is 0 Å². The van der Waals surface area contributed by atoms with E-state index < -0.39 is 23.8 Å². The molecule has 0 bridgehead atoms. The van der Waals surface area contributed by atoms with Gasteiger partial charge < -0.3 is 15.0 Å². The molecule has 0 radical (unpaired) electrons. The number of nitrogens with zero attached hydrogens (tertiary/aromatic N) is 4. The zero-order valence-electron chi connectivity index (χ0n) is 33.4. The Bertz CT molecular complexity index is 2220. The summed E-state index contributed by atoms with van der Waals surface area (Å²) in [7, 11) is 0.